The highest BCUT2D eigenvalue weighted by atomic mass is 16.6. The fourth-order valence-electron chi connectivity index (χ4n) is 3.92. The molecule has 7 heteroatoms. The first kappa shape index (κ1) is 21.8. The molecule has 1 N–H and O–H groups in total. The quantitative estimate of drug-likeness (QED) is 0.379. The second-order valence-corrected chi connectivity index (χ2v) is 7.52. The Labute approximate surface area is 191 Å². The van der Waals surface area contributed by atoms with E-state index in [0.717, 1.165) is 5.56 Å². The van der Waals surface area contributed by atoms with Gasteiger partial charge in [-0.1, -0.05) is 54.6 Å². The van der Waals surface area contributed by atoms with Crippen molar-refractivity contribution in [2.75, 3.05) is 12.0 Å². The second kappa shape index (κ2) is 9.40. The first-order valence-electron chi connectivity index (χ1n) is 10.3. The molecular formula is C26H22N2O5. The standard InChI is InChI=1S/C26H22N2O5/c1-33-22-15-13-20(14-16-22)27-24(19-10-6-11-21(17-19)28(31)32)23(25(29)26(27)30)12-5-9-18-7-3-2-4-8-18/h2-11,13-17,24,29H,12H2,1H3/b9-5+. The average Bonchev–Trinajstić information content (AvgIpc) is 3.10. The summed E-state index contributed by atoms with van der Waals surface area (Å²) < 4.78 is 5.20. The van der Waals surface area contributed by atoms with Crippen molar-refractivity contribution in [1.29, 1.82) is 0 Å². The average molecular weight is 442 g/mol. The smallest absolute Gasteiger partial charge is 0.293 e. The third-order valence-electron chi connectivity index (χ3n) is 5.51. The molecule has 1 atom stereocenters. The Morgan fingerprint density at radius 1 is 1.06 bits per heavy atom. The van der Waals surface area contributed by atoms with Crippen molar-refractivity contribution in [2.24, 2.45) is 0 Å². The number of nitrogens with zero attached hydrogens (tertiary/aromatic N) is 2. The molecule has 0 radical (unpaired) electrons. The number of nitro benzene ring substituents is 1. The minimum Gasteiger partial charge on any atom is -0.503 e. The van der Waals surface area contributed by atoms with E-state index in [1.54, 1.807) is 43.5 Å². The number of aliphatic hydroxyl groups is 1. The third-order valence-corrected chi connectivity index (χ3v) is 5.51. The SMILES string of the molecule is COc1ccc(N2C(=O)C(O)=C(C/C=C/c3ccccc3)C2c2cccc([N+](=O)[O-])c2)cc1. The van der Waals surface area contributed by atoms with Crippen LogP contribution in [0.2, 0.25) is 0 Å². The fourth-order valence-corrected chi connectivity index (χ4v) is 3.92. The van der Waals surface area contributed by atoms with Crippen LogP contribution >= 0.6 is 0 Å². The van der Waals surface area contributed by atoms with Crippen molar-refractivity contribution in [1.82, 2.24) is 0 Å². The molecule has 0 bridgehead atoms. The lowest BCUT2D eigenvalue weighted by Gasteiger charge is -2.27. The highest BCUT2D eigenvalue weighted by Crippen LogP contribution is 2.43. The van der Waals surface area contributed by atoms with E-state index in [9.17, 15) is 20.0 Å². The van der Waals surface area contributed by atoms with Gasteiger partial charge in [0.05, 0.1) is 18.1 Å². The zero-order valence-corrected chi connectivity index (χ0v) is 17.9. The van der Waals surface area contributed by atoms with Crippen molar-refractivity contribution in [3.63, 3.8) is 0 Å². The van der Waals surface area contributed by atoms with E-state index in [1.807, 2.05) is 42.5 Å². The van der Waals surface area contributed by atoms with Crippen LogP contribution in [-0.4, -0.2) is 23.0 Å². The number of aliphatic hydroxyl groups excluding tert-OH is 1. The summed E-state index contributed by atoms with van der Waals surface area (Å²) in [5.74, 6) is -0.277. The van der Waals surface area contributed by atoms with Crippen LogP contribution in [0.15, 0.2) is 96.3 Å². The Kier molecular flexibility index (Phi) is 6.22. The van der Waals surface area contributed by atoms with Gasteiger partial charge in [0, 0.05) is 23.4 Å². The number of allylic oxidation sites excluding steroid dienone is 1. The van der Waals surface area contributed by atoms with Gasteiger partial charge in [0.25, 0.3) is 11.6 Å². The van der Waals surface area contributed by atoms with Crippen LogP contribution in [0.3, 0.4) is 0 Å². The lowest BCUT2D eigenvalue weighted by atomic mass is 9.95. The monoisotopic (exact) mass is 442 g/mol. The number of hydrogen-bond donors (Lipinski definition) is 1. The highest BCUT2D eigenvalue weighted by molar-refractivity contribution is 6.08. The van der Waals surface area contributed by atoms with Gasteiger partial charge in [-0.15, -0.1) is 0 Å². The molecule has 3 aromatic carbocycles. The van der Waals surface area contributed by atoms with E-state index in [1.165, 1.54) is 17.0 Å². The number of anilines is 1. The lowest BCUT2D eigenvalue weighted by Crippen LogP contribution is -2.30. The summed E-state index contributed by atoms with van der Waals surface area (Å²) in [5, 5.41) is 22.2. The molecule has 0 aromatic heterocycles. The third kappa shape index (κ3) is 4.48. The van der Waals surface area contributed by atoms with Crippen LogP contribution in [-0.2, 0) is 4.79 Å². The number of nitro groups is 1. The molecule has 1 unspecified atom stereocenters. The highest BCUT2D eigenvalue weighted by Gasteiger charge is 2.41. The van der Waals surface area contributed by atoms with E-state index >= 15 is 0 Å². The Morgan fingerprint density at radius 3 is 2.45 bits per heavy atom. The van der Waals surface area contributed by atoms with E-state index in [2.05, 4.69) is 0 Å². The number of ether oxygens (including phenoxy) is 1. The maximum atomic E-state index is 13.1. The molecule has 0 spiro atoms. The number of carbonyl (C=O) groups excluding carboxylic acids is 1. The number of amides is 1. The molecule has 0 aliphatic carbocycles. The zero-order valence-electron chi connectivity index (χ0n) is 17.9. The molecule has 1 aliphatic heterocycles. The molecular weight excluding hydrogens is 420 g/mol. The molecule has 3 aromatic rings. The van der Waals surface area contributed by atoms with Gasteiger partial charge in [0.15, 0.2) is 5.76 Å². The molecule has 1 heterocycles. The van der Waals surface area contributed by atoms with Crippen LogP contribution in [0.25, 0.3) is 6.08 Å². The molecule has 0 fully saturated rings. The Bertz CT molecular complexity index is 1230. The summed E-state index contributed by atoms with van der Waals surface area (Å²) >= 11 is 0. The maximum absolute atomic E-state index is 13.1. The molecule has 4 rings (SSSR count). The topological polar surface area (TPSA) is 92.9 Å². The summed E-state index contributed by atoms with van der Waals surface area (Å²) in [6.45, 7) is 0. The van der Waals surface area contributed by atoms with Gasteiger partial charge in [-0.3, -0.25) is 19.8 Å². The molecule has 0 saturated carbocycles. The zero-order chi connectivity index (χ0) is 23.4. The predicted molar refractivity (Wildman–Crippen MR) is 126 cm³/mol. The van der Waals surface area contributed by atoms with Crippen molar-refractivity contribution in [3.8, 4) is 5.75 Å². The summed E-state index contributed by atoms with van der Waals surface area (Å²) in [6.07, 6.45) is 4.08. The van der Waals surface area contributed by atoms with Crippen molar-refractivity contribution in [2.45, 2.75) is 12.5 Å². The van der Waals surface area contributed by atoms with Gasteiger partial charge in [-0.05, 0) is 41.8 Å². The van der Waals surface area contributed by atoms with Crippen molar-refractivity contribution < 1.29 is 19.6 Å². The number of non-ortho nitro benzene ring substituents is 1. The molecule has 166 valence electrons. The number of methoxy groups -OCH3 is 1. The number of carbonyl (C=O) groups is 1. The summed E-state index contributed by atoms with van der Waals surface area (Å²) in [6, 6.07) is 22.0. The van der Waals surface area contributed by atoms with Crippen LogP contribution < -0.4 is 9.64 Å². The summed E-state index contributed by atoms with van der Waals surface area (Å²) in [7, 11) is 1.55. The first-order valence-corrected chi connectivity index (χ1v) is 10.3. The van der Waals surface area contributed by atoms with Crippen LogP contribution in [0, 0.1) is 10.1 Å². The number of rotatable bonds is 7. The largest absolute Gasteiger partial charge is 0.503 e. The van der Waals surface area contributed by atoms with Gasteiger partial charge in [-0.25, -0.2) is 0 Å². The Balaban J connectivity index is 1.75. The summed E-state index contributed by atoms with van der Waals surface area (Å²) in [4.78, 5) is 25.5. The van der Waals surface area contributed by atoms with Crippen LogP contribution in [0.4, 0.5) is 11.4 Å². The molecule has 1 amide bonds. The lowest BCUT2D eigenvalue weighted by molar-refractivity contribution is -0.384. The van der Waals surface area contributed by atoms with E-state index in [4.69, 9.17) is 4.74 Å². The summed E-state index contributed by atoms with van der Waals surface area (Å²) in [5.41, 5.74) is 2.47. The van der Waals surface area contributed by atoms with Crippen LogP contribution in [0.1, 0.15) is 23.6 Å². The second-order valence-electron chi connectivity index (χ2n) is 7.52. The van der Waals surface area contributed by atoms with Crippen LogP contribution in [0.5, 0.6) is 5.75 Å². The van der Waals surface area contributed by atoms with E-state index in [-0.39, 0.29) is 11.4 Å². The van der Waals surface area contributed by atoms with Crippen molar-refractivity contribution in [3.05, 3.63) is 118 Å². The molecule has 7 nitrogen and oxygen atoms in total. The first-order chi connectivity index (χ1) is 16.0. The Morgan fingerprint density at radius 2 is 1.79 bits per heavy atom. The number of benzene rings is 3. The fraction of sp³-hybridized carbons (Fsp3) is 0.115. The molecule has 0 saturated heterocycles. The minimum atomic E-state index is -0.689. The van der Waals surface area contributed by atoms with Gasteiger partial charge in [0.1, 0.15) is 5.75 Å². The van der Waals surface area contributed by atoms with Gasteiger partial charge < -0.3 is 9.84 Å². The Hall–Kier alpha value is -4.39. The predicted octanol–water partition coefficient (Wildman–Crippen LogP) is 5.61. The minimum absolute atomic E-state index is 0.0832. The maximum Gasteiger partial charge on any atom is 0.293 e. The van der Waals surface area contributed by atoms with Crippen molar-refractivity contribution >= 4 is 23.4 Å². The van der Waals surface area contributed by atoms with Gasteiger partial charge in [-0.2, -0.15) is 0 Å². The normalized spacial score (nSPS) is 16.0. The number of hydrogen-bond acceptors (Lipinski definition) is 5. The van der Waals surface area contributed by atoms with E-state index in [0.29, 0.717) is 29.0 Å². The van der Waals surface area contributed by atoms with Gasteiger partial charge >= 0.3 is 0 Å². The van der Waals surface area contributed by atoms with Gasteiger partial charge in [0.2, 0.25) is 0 Å². The molecule has 33 heavy (non-hydrogen) atoms. The van der Waals surface area contributed by atoms with E-state index < -0.39 is 16.9 Å². The molecule has 1 aliphatic rings.